The number of para-hydroxylation sites is 1. The topological polar surface area (TPSA) is 172 Å². The van der Waals surface area contributed by atoms with Crippen molar-refractivity contribution < 1.29 is 4.74 Å². The van der Waals surface area contributed by atoms with Gasteiger partial charge in [0.2, 0.25) is 5.95 Å². The lowest BCUT2D eigenvalue weighted by Crippen LogP contribution is -2.24. The molecule has 0 saturated carbocycles. The first-order valence-corrected chi connectivity index (χ1v) is 11.2. The SMILES string of the molecule is CCc1nc2cccc(-c3ccnc(OC)n3)c2c(=O)n1-c1ccccc1.N#Cc1cnc(N)nc1N. The molecule has 0 aliphatic heterocycles. The minimum absolute atomic E-state index is 0.0801. The van der Waals surface area contributed by atoms with Crippen LogP contribution in [0.3, 0.4) is 0 Å². The lowest BCUT2D eigenvalue weighted by Gasteiger charge is -2.14. The van der Waals surface area contributed by atoms with Crippen LogP contribution in [0.2, 0.25) is 0 Å². The van der Waals surface area contributed by atoms with Crippen LogP contribution in [0.15, 0.2) is 71.8 Å². The Bertz CT molecular complexity index is 1660. The van der Waals surface area contributed by atoms with Gasteiger partial charge in [0.1, 0.15) is 23.3 Å². The molecule has 11 heteroatoms. The predicted octanol–water partition coefficient (Wildman–Crippen LogP) is 2.93. The summed E-state index contributed by atoms with van der Waals surface area (Å²) in [4.78, 5) is 33.8. The van der Waals surface area contributed by atoms with E-state index < -0.39 is 0 Å². The first-order valence-electron chi connectivity index (χ1n) is 11.2. The Morgan fingerprint density at radius 2 is 1.78 bits per heavy atom. The maximum atomic E-state index is 13.5. The van der Waals surface area contributed by atoms with Crippen LogP contribution in [-0.2, 0) is 6.42 Å². The van der Waals surface area contributed by atoms with E-state index in [1.54, 1.807) is 16.8 Å². The fourth-order valence-electron chi connectivity index (χ4n) is 3.65. The Hall–Kier alpha value is -5.37. The largest absolute Gasteiger partial charge is 0.467 e. The van der Waals surface area contributed by atoms with Crippen LogP contribution in [-0.4, -0.2) is 36.6 Å². The number of nitrogens with zero attached hydrogens (tertiary/aromatic N) is 7. The van der Waals surface area contributed by atoms with Crippen LogP contribution in [0.1, 0.15) is 18.3 Å². The minimum Gasteiger partial charge on any atom is -0.467 e. The van der Waals surface area contributed by atoms with Gasteiger partial charge in [0.15, 0.2) is 0 Å². The molecule has 0 saturated heterocycles. The molecule has 0 radical (unpaired) electrons. The van der Waals surface area contributed by atoms with E-state index in [1.807, 2.05) is 61.5 Å². The van der Waals surface area contributed by atoms with Gasteiger partial charge in [0.05, 0.1) is 35.6 Å². The van der Waals surface area contributed by atoms with Crippen molar-refractivity contribution in [3.63, 3.8) is 0 Å². The highest BCUT2D eigenvalue weighted by Crippen LogP contribution is 2.26. The molecule has 0 spiro atoms. The van der Waals surface area contributed by atoms with Crippen LogP contribution in [0, 0.1) is 11.3 Å². The zero-order valence-electron chi connectivity index (χ0n) is 20.2. The van der Waals surface area contributed by atoms with Crippen LogP contribution in [0.5, 0.6) is 6.01 Å². The number of ether oxygens (including phenoxy) is 1. The van der Waals surface area contributed by atoms with Crippen LogP contribution < -0.4 is 21.8 Å². The highest BCUT2D eigenvalue weighted by atomic mass is 16.5. The van der Waals surface area contributed by atoms with Crippen molar-refractivity contribution >= 4 is 22.7 Å². The molecule has 3 aromatic heterocycles. The molecular weight excluding hydrogens is 470 g/mol. The molecule has 5 rings (SSSR count). The summed E-state index contributed by atoms with van der Waals surface area (Å²) in [5.74, 6) is 0.919. The summed E-state index contributed by atoms with van der Waals surface area (Å²) >= 11 is 0. The van der Waals surface area contributed by atoms with Crippen molar-refractivity contribution in [1.29, 1.82) is 5.26 Å². The Morgan fingerprint density at radius 3 is 2.46 bits per heavy atom. The summed E-state index contributed by atoms with van der Waals surface area (Å²) in [5, 5.41) is 8.89. The van der Waals surface area contributed by atoms with Gasteiger partial charge in [0.25, 0.3) is 5.56 Å². The Morgan fingerprint density at radius 1 is 1.00 bits per heavy atom. The van der Waals surface area contributed by atoms with E-state index in [0.29, 0.717) is 28.6 Å². The summed E-state index contributed by atoms with van der Waals surface area (Å²) in [6.07, 6.45) is 3.55. The summed E-state index contributed by atoms with van der Waals surface area (Å²) in [6, 6.07) is 19.0. The van der Waals surface area contributed by atoms with Crippen molar-refractivity contribution in [3.8, 4) is 29.0 Å². The molecule has 0 atom stereocenters. The number of aromatic nitrogens is 6. The number of hydrogen-bond acceptors (Lipinski definition) is 10. The lowest BCUT2D eigenvalue weighted by atomic mass is 10.1. The molecule has 37 heavy (non-hydrogen) atoms. The van der Waals surface area contributed by atoms with E-state index in [0.717, 1.165) is 11.5 Å². The van der Waals surface area contributed by atoms with E-state index in [-0.39, 0.29) is 28.9 Å². The zero-order valence-corrected chi connectivity index (χ0v) is 20.2. The third kappa shape index (κ3) is 5.18. The van der Waals surface area contributed by atoms with Crippen molar-refractivity contribution in [2.45, 2.75) is 13.3 Å². The number of nitriles is 1. The van der Waals surface area contributed by atoms with Crippen molar-refractivity contribution in [2.75, 3.05) is 18.6 Å². The van der Waals surface area contributed by atoms with Gasteiger partial charge in [-0.3, -0.25) is 9.36 Å². The zero-order chi connectivity index (χ0) is 26.4. The maximum Gasteiger partial charge on any atom is 0.316 e. The van der Waals surface area contributed by atoms with Gasteiger partial charge in [-0.05, 0) is 24.3 Å². The fraction of sp³-hybridized carbons (Fsp3) is 0.115. The number of nitrogen functional groups attached to an aromatic ring is 2. The number of aryl methyl sites for hydroxylation is 1. The lowest BCUT2D eigenvalue weighted by molar-refractivity contribution is 0.380. The van der Waals surface area contributed by atoms with Gasteiger partial charge in [-0.1, -0.05) is 37.3 Å². The van der Waals surface area contributed by atoms with Gasteiger partial charge in [0, 0.05) is 18.2 Å². The smallest absolute Gasteiger partial charge is 0.316 e. The molecular formula is C26H23N9O2. The molecule has 0 bridgehead atoms. The van der Waals surface area contributed by atoms with E-state index in [2.05, 4.69) is 19.9 Å². The number of methoxy groups -OCH3 is 1. The maximum absolute atomic E-state index is 13.5. The Kier molecular flexibility index (Phi) is 7.30. The fourth-order valence-corrected chi connectivity index (χ4v) is 3.65. The number of nitrogens with two attached hydrogens (primary N) is 2. The van der Waals surface area contributed by atoms with Crippen LogP contribution in [0.25, 0.3) is 27.8 Å². The summed E-state index contributed by atoms with van der Waals surface area (Å²) in [7, 11) is 1.51. The van der Waals surface area contributed by atoms with Crippen LogP contribution >= 0.6 is 0 Å². The number of benzene rings is 2. The second-order valence-corrected chi connectivity index (χ2v) is 7.62. The highest BCUT2D eigenvalue weighted by molar-refractivity contribution is 5.93. The number of hydrogen-bond donors (Lipinski definition) is 2. The van der Waals surface area contributed by atoms with Gasteiger partial charge in [-0.15, -0.1) is 0 Å². The molecule has 0 aliphatic carbocycles. The standard InChI is InChI=1S/C21H18N4O2.C5H5N5/c1-3-18-23-17-11-7-10-15(16-12-13-22-21(24-16)27-2)19(17)20(26)25(18)14-8-5-4-6-9-14;6-1-3-2-9-5(8)10-4(3)7/h4-13H,3H2,1-2H3;2H,(H4,7,8,9,10). The third-order valence-electron chi connectivity index (χ3n) is 5.35. The second-order valence-electron chi connectivity index (χ2n) is 7.62. The molecule has 0 aliphatic rings. The molecule has 4 N–H and O–H groups in total. The quantitative estimate of drug-likeness (QED) is 0.379. The van der Waals surface area contributed by atoms with Gasteiger partial charge < -0.3 is 16.2 Å². The van der Waals surface area contributed by atoms with E-state index in [4.69, 9.17) is 26.5 Å². The van der Waals surface area contributed by atoms with E-state index in [1.165, 1.54) is 13.3 Å². The first-order chi connectivity index (χ1) is 18.0. The molecule has 0 amide bonds. The van der Waals surface area contributed by atoms with Gasteiger partial charge >= 0.3 is 6.01 Å². The van der Waals surface area contributed by atoms with Gasteiger partial charge in [-0.25, -0.2) is 15.0 Å². The molecule has 11 nitrogen and oxygen atoms in total. The third-order valence-corrected chi connectivity index (χ3v) is 5.35. The van der Waals surface area contributed by atoms with Crippen molar-refractivity contribution in [2.24, 2.45) is 0 Å². The predicted molar refractivity (Wildman–Crippen MR) is 140 cm³/mol. The number of fused-ring (bicyclic) bond motifs is 1. The highest BCUT2D eigenvalue weighted by Gasteiger charge is 2.16. The molecule has 0 fully saturated rings. The van der Waals surface area contributed by atoms with Gasteiger partial charge in [-0.2, -0.15) is 15.2 Å². The number of rotatable bonds is 4. The second kappa shape index (κ2) is 10.9. The summed E-state index contributed by atoms with van der Waals surface area (Å²) in [6.45, 7) is 1.99. The normalized spacial score (nSPS) is 10.3. The Balaban J connectivity index is 0.000000270. The molecule has 2 aromatic carbocycles. The van der Waals surface area contributed by atoms with Crippen molar-refractivity contribution in [1.82, 2.24) is 29.5 Å². The average molecular weight is 494 g/mol. The summed E-state index contributed by atoms with van der Waals surface area (Å²) < 4.78 is 6.80. The molecule has 3 heterocycles. The van der Waals surface area contributed by atoms with Crippen LogP contribution in [0.4, 0.5) is 11.8 Å². The molecule has 184 valence electrons. The van der Waals surface area contributed by atoms with Crippen molar-refractivity contribution in [3.05, 3.63) is 88.7 Å². The monoisotopic (exact) mass is 493 g/mol. The first kappa shape index (κ1) is 24.7. The number of anilines is 2. The average Bonchev–Trinajstić information content (AvgIpc) is 2.93. The molecule has 5 aromatic rings. The summed E-state index contributed by atoms with van der Waals surface area (Å²) in [5.41, 5.74) is 13.4. The Labute approximate surface area is 212 Å². The van der Waals surface area contributed by atoms with E-state index in [9.17, 15) is 4.79 Å². The minimum atomic E-state index is -0.115. The molecule has 0 unspecified atom stereocenters. The van der Waals surface area contributed by atoms with E-state index >= 15 is 0 Å².